The summed E-state index contributed by atoms with van der Waals surface area (Å²) in [6, 6.07) is 8.56. The number of piperidine rings is 1. The number of benzene rings is 1. The van der Waals surface area contributed by atoms with Crippen LogP contribution >= 0.6 is 0 Å². The minimum Gasteiger partial charge on any atom is -0.378 e. The summed E-state index contributed by atoms with van der Waals surface area (Å²) in [4.78, 5) is 18.6. The zero-order valence-electron chi connectivity index (χ0n) is 14.1. The average molecular weight is 301 g/mol. The van der Waals surface area contributed by atoms with Gasteiger partial charge in [0.15, 0.2) is 0 Å². The fourth-order valence-electron chi connectivity index (χ4n) is 2.73. The number of carbonyl (C=O) groups excluding carboxylic acids is 1. The molecule has 0 aliphatic carbocycles. The second-order valence-electron chi connectivity index (χ2n) is 6.30. The van der Waals surface area contributed by atoms with Crippen LogP contribution in [-0.2, 0) is 4.79 Å². The van der Waals surface area contributed by atoms with Crippen molar-refractivity contribution in [3.63, 3.8) is 0 Å². The van der Waals surface area contributed by atoms with E-state index in [4.69, 9.17) is 0 Å². The van der Waals surface area contributed by atoms with Crippen LogP contribution in [0.2, 0.25) is 0 Å². The van der Waals surface area contributed by atoms with Gasteiger partial charge in [-0.3, -0.25) is 4.79 Å². The Balaban J connectivity index is 1.92. The van der Waals surface area contributed by atoms with Crippen molar-refractivity contribution in [1.82, 2.24) is 9.80 Å². The van der Waals surface area contributed by atoms with Gasteiger partial charge < -0.3 is 14.7 Å². The molecule has 4 nitrogen and oxygen atoms in total. The summed E-state index contributed by atoms with van der Waals surface area (Å²) >= 11 is 0. The van der Waals surface area contributed by atoms with Gasteiger partial charge >= 0.3 is 0 Å². The Morgan fingerprint density at radius 3 is 2.27 bits per heavy atom. The summed E-state index contributed by atoms with van der Waals surface area (Å²) in [5, 5.41) is 0. The van der Waals surface area contributed by atoms with Crippen LogP contribution in [0.25, 0.3) is 6.08 Å². The van der Waals surface area contributed by atoms with Crippen molar-refractivity contribution in [2.75, 3.05) is 46.2 Å². The van der Waals surface area contributed by atoms with Crippen LogP contribution in [0, 0.1) is 0 Å². The molecule has 1 amide bonds. The van der Waals surface area contributed by atoms with E-state index in [1.54, 1.807) is 6.08 Å². The van der Waals surface area contributed by atoms with E-state index in [-0.39, 0.29) is 5.91 Å². The van der Waals surface area contributed by atoms with E-state index in [1.807, 2.05) is 44.3 Å². The van der Waals surface area contributed by atoms with Crippen molar-refractivity contribution >= 4 is 17.7 Å². The third kappa shape index (κ3) is 4.34. The van der Waals surface area contributed by atoms with Crippen molar-refractivity contribution < 1.29 is 4.79 Å². The minimum atomic E-state index is 0.0891. The standard InChI is InChI=1S/C18H27N3O/c1-19(2)16-8-5-15(6-9-16)7-10-18(22)21(4)17-11-13-20(3)14-12-17/h5-10,17H,11-14H2,1-4H3. The highest BCUT2D eigenvalue weighted by Crippen LogP contribution is 2.16. The highest BCUT2D eigenvalue weighted by molar-refractivity contribution is 5.91. The molecule has 0 unspecified atom stereocenters. The molecule has 4 heteroatoms. The molecule has 2 rings (SSSR count). The van der Waals surface area contributed by atoms with Gasteiger partial charge in [0.1, 0.15) is 0 Å². The van der Waals surface area contributed by atoms with Gasteiger partial charge in [-0.05, 0) is 56.8 Å². The maximum Gasteiger partial charge on any atom is 0.246 e. The van der Waals surface area contributed by atoms with Crippen LogP contribution in [0.15, 0.2) is 30.3 Å². The molecule has 1 aliphatic heterocycles. The van der Waals surface area contributed by atoms with E-state index in [9.17, 15) is 4.79 Å². The SMILES string of the molecule is CN1CCC(N(C)C(=O)C=Cc2ccc(N(C)C)cc2)CC1. The average Bonchev–Trinajstić information content (AvgIpc) is 2.53. The highest BCUT2D eigenvalue weighted by Gasteiger charge is 2.22. The fourth-order valence-corrected chi connectivity index (χ4v) is 2.73. The summed E-state index contributed by atoms with van der Waals surface area (Å²) in [5.74, 6) is 0.0891. The maximum absolute atomic E-state index is 12.3. The summed E-state index contributed by atoms with van der Waals surface area (Å²) < 4.78 is 0. The molecule has 0 radical (unpaired) electrons. The number of anilines is 1. The van der Waals surface area contributed by atoms with Crippen LogP contribution in [-0.4, -0.2) is 63.0 Å². The van der Waals surface area contributed by atoms with E-state index in [2.05, 4.69) is 29.0 Å². The molecule has 1 aromatic carbocycles. The van der Waals surface area contributed by atoms with Gasteiger partial charge in [-0.2, -0.15) is 0 Å². The lowest BCUT2D eigenvalue weighted by atomic mass is 10.0. The number of amides is 1. The first-order chi connectivity index (χ1) is 10.5. The second kappa shape index (κ2) is 7.45. The quantitative estimate of drug-likeness (QED) is 0.799. The molecule has 0 spiro atoms. The van der Waals surface area contributed by atoms with E-state index in [0.717, 1.165) is 37.2 Å². The monoisotopic (exact) mass is 301 g/mol. The Hall–Kier alpha value is -1.81. The summed E-state index contributed by atoms with van der Waals surface area (Å²) in [7, 11) is 8.09. The van der Waals surface area contributed by atoms with Crippen LogP contribution in [0.5, 0.6) is 0 Å². The molecule has 0 aromatic heterocycles. The minimum absolute atomic E-state index is 0.0891. The van der Waals surface area contributed by atoms with Crippen LogP contribution in [0.3, 0.4) is 0 Å². The van der Waals surface area contributed by atoms with Gasteiger partial charge in [-0.15, -0.1) is 0 Å². The van der Waals surface area contributed by atoms with Crippen LogP contribution < -0.4 is 4.90 Å². The van der Waals surface area contributed by atoms with Gasteiger partial charge in [-0.1, -0.05) is 12.1 Å². The smallest absolute Gasteiger partial charge is 0.246 e. The lowest BCUT2D eigenvalue weighted by Gasteiger charge is -2.34. The third-order valence-electron chi connectivity index (χ3n) is 4.41. The Bertz CT molecular complexity index is 514. The van der Waals surface area contributed by atoms with Crippen LogP contribution in [0.1, 0.15) is 18.4 Å². The topological polar surface area (TPSA) is 26.8 Å². The fraction of sp³-hybridized carbons (Fsp3) is 0.500. The molecule has 0 bridgehead atoms. The molecule has 0 N–H and O–H groups in total. The number of nitrogens with zero attached hydrogens (tertiary/aromatic N) is 3. The zero-order valence-corrected chi connectivity index (χ0v) is 14.1. The van der Waals surface area contributed by atoms with Crippen molar-refractivity contribution in [3.8, 4) is 0 Å². The number of hydrogen-bond donors (Lipinski definition) is 0. The summed E-state index contributed by atoms with van der Waals surface area (Å²) in [5.41, 5.74) is 2.21. The molecule has 0 atom stereocenters. The molecular weight excluding hydrogens is 274 g/mol. The van der Waals surface area contributed by atoms with Gasteiger partial charge in [0.05, 0.1) is 0 Å². The first-order valence-corrected chi connectivity index (χ1v) is 7.88. The molecule has 1 aliphatic rings. The number of likely N-dealkylation sites (tertiary alicyclic amines) is 1. The molecule has 0 saturated carbocycles. The van der Waals surface area contributed by atoms with Crippen molar-refractivity contribution in [2.45, 2.75) is 18.9 Å². The van der Waals surface area contributed by atoms with Gasteiger partial charge in [0.25, 0.3) is 0 Å². The zero-order chi connectivity index (χ0) is 16.1. The third-order valence-corrected chi connectivity index (χ3v) is 4.41. The van der Waals surface area contributed by atoms with E-state index in [0.29, 0.717) is 6.04 Å². The first-order valence-electron chi connectivity index (χ1n) is 7.88. The van der Waals surface area contributed by atoms with Crippen molar-refractivity contribution in [2.24, 2.45) is 0 Å². The van der Waals surface area contributed by atoms with Crippen molar-refractivity contribution in [3.05, 3.63) is 35.9 Å². The van der Waals surface area contributed by atoms with Gasteiger partial charge in [0.2, 0.25) is 5.91 Å². The summed E-state index contributed by atoms with van der Waals surface area (Å²) in [6.45, 7) is 2.13. The lowest BCUT2D eigenvalue weighted by molar-refractivity contribution is -0.127. The number of hydrogen-bond acceptors (Lipinski definition) is 3. The highest BCUT2D eigenvalue weighted by atomic mass is 16.2. The predicted octanol–water partition coefficient (Wildman–Crippen LogP) is 2.32. The Kier molecular flexibility index (Phi) is 5.61. The number of likely N-dealkylation sites (N-methyl/N-ethyl adjacent to an activating group) is 1. The van der Waals surface area contributed by atoms with Gasteiger partial charge in [0, 0.05) is 38.9 Å². The molecule has 120 valence electrons. The van der Waals surface area contributed by atoms with Gasteiger partial charge in [-0.25, -0.2) is 0 Å². The Morgan fingerprint density at radius 2 is 1.73 bits per heavy atom. The van der Waals surface area contributed by atoms with E-state index >= 15 is 0 Å². The first kappa shape index (κ1) is 16.6. The normalized spacial score (nSPS) is 16.9. The molecule has 1 fully saturated rings. The Labute approximate surface area is 134 Å². The van der Waals surface area contributed by atoms with Crippen LogP contribution in [0.4, 0.5) is 5.69 Å². The van der Waals surface area contributed by atoms with E-state index < -0.39 is 0 Å². The second-order valence-corrected chi connectivity index (χ2v) is 6.30. The molecule has 1 saturated heterocycles. The lowest BCUT2D eigenvalue weighted by Crippen LogP contribution is -2.43. The number of rotatable bonds is 4. The largest absolute Gasteiger partial charge is 0.378 e. The maximum atomic E-state index is 12.3. The molecule has 1 heterocycles. The Morgan fingerprint density at radius 1 is 1.14 bits per heavy atom. The van der Waals surface area contributed by atoms with Crippen molar-refractivity contribution in [1.29, 1.82) is 0 Å². The molecule has 22 heavy (non-hydrogen) atoms. The molecular formula is C18H27N3O. The molecule has 1 aromatic rings. The number of carbonyl (C=O) groups is 1. The summed E-state index contributed by atoms with van der Waals surface area (Å²) in [6.07, 6.45) is 5.70. The van der Waals surface area contributed by atoms with E-state index in [1.165, 1.54) is 0 Å². The predicted molar refractivity (Wildman–Crippen MR) is 93.1 cm³/mol.